The second-order valence-corrected chi connectivity index (χ2v) is 7.45. The standard InChI is InChI=1S/C22H32BrN3/c1-4-7-16-25(6-3)18-20-21(23)24-22(26(20)17-8-5-2)19-14-12-10-9-11-13-15-19/h9-11,14-15H,4-8,12,16-18H2,1-3H3/b10-9-,19-14+. The molecule has 0 saturated heterocycles. The molecule has 0 aromatic carbocycles. The lowest BCUT2D eigenvalue weighted by Gasteiger charge is -2.22. The number of imidazole rings is 1. The summed E-state index contributed by atoms with van der Waals surface area (Å²) in [5.74, 6) is 1.06. The first-order valence-corrected chi connectivity index (χ1v) is 10.8. The van der Waals surface area contributed by atoms with Gasteiger partial charge in [0.25, 0.3) is 0 Å². The average Bonchev–Trinajstić information content (AvgIpc) is 2.92. The zero-order valence-corrected chi connectivity index (χ0v) is 18.1. The van der Waals surface area contributed by atoms with Gasteiger partial charge in [-0.3, -0.25) is 4.90 Å². The molecule has 0 atom stereocenters. The van der Waals surface area contributed by atoms with E-state index in [1.807, 2.05) is 12.2 Å². The summed E-state index contributed by atoms with van der Waals surface area (Å²) < 4.78 is 3.40. The Kier molecular flexibility index (Phi) is 9.17. The van der Waals surface area contributed by atoms with Crippen LogP contribution in [0.5, 0.6) is 0 Å². The van der Waals surface area contributed by atoms with E-state index in [1.54, 1.807) is 0 Å². The quantitative estimate of drug-likeness (QED) is 0.427. The van der Waals surface area contributed by atoms with Crippen molar-refractivity contribution < 1.29 is 0 Å². The highest BCUT2D eigenvalue weighted by Gasteiger charge is 2.19. The minimum absolute atomic E-state index is 0.926. The van der Waals surface area contributed by atoms with Crippen LogP contribution in [0.15, 0.2) is 40.7 Å². The lowest BCUT2D eigenvalue weighted by Crippen LogP contribution is -2.26. The van der Waals surface area contributed by atoms with Gasteiger partial charge in [-0.15, -0.1) is 5.73 Å². The first-order valence-electron chi connectivity index (χ1n) is 9.96. The Morgan fingerprint density at radius 1 is 1.23 bits per heavy atom. The summed E-state index contributed by atoms with van der Waals surface area (Å²) in [4.78, 5) is 7.42. The van der Waals surface area contributed by atoms with Gasteiger partial charge in [0.05, 0.1) is 5.69 Å². The highest BCUT2D eigenvalue weighted by molar-refractivity contribution is 9.10. The predicted molar refractivity (Wildman–Crippen MR) is 115 cm³/mol. The van der Waals surface area contributed by atoms with Crippen LogP contribution in [0.4, 0.5) is 0 Å². The molecule has 0 radical (unpaired) electrons. The molecule has 1 aromatic rings. The van der Waals surface area contributed by atoms with E-state index in [1.165, 1.54) is 25.0 Å². The van der Waals surface area contributed by atoms with Crippen LogP contribution in [-0.2, 0) is 13.1 Å². The van der Waals surface area contributed by atoms with Crippen molar-refractivity contribution in [1.82, 2.24) is 14.5 Å². The fourth-order valence-corrected chi connectivity index (χ4v) is 3.58. The van der Waals surface area contributed by atoms with Crippen LogP contribution in [0.3, 0.4) is 0 Å². The molecule has 0 unspecified atom stereocenters. The van der Waals surface area contributed by atoms with Gasteiger partial charge in [-0.1, -0.05) is 51.8 Å². The van der Waals surface area contributed by atoms with E-state index in [2.05, 4.69) is 70.1 Å². The molecule has 1 aliphatic carbocycles. The fraction of sp³-hybridized carbons (Fsp3) is 0.545. The smallest absolute Gasteiger partial charge is 0.141 e. The minimum Gasteiger partial charge on any atom is -0.326 e. The van der Waals surface area contributed by atoms with Gasteiger partial charge in [0.2, 0.25) is 0 Å². The average molecular weight is 418 g/mol. The lowest BCUT2D eigenvalue weighted by molar-refractivity contribution is 0.267. The van der Waals surface area contributed by atoms with Gasteiger partial charge in [-0.2, -0.15) is 0 Å². The van der Waals surface area contributed by atoms with Crippen LogP contribution in [0.25, 0.3) is 5.57 Å². The molecule has 0 aliphatic heterocycles. The molecule has 3 nitrogen and oxygen atoms in total. The third-order valence-electron chi connectivity index (χ3n) is 4.71. The molecular weight excluding hydrogens is 386 g/mol. The molecular formula is C22H32BrN3. The SMILES string of the molecule is CCCCN(CC)Cc1c(Br)nc(/C2=C/C/C=C\C=C=C2)n1CCCC. The summed E-state index contributed by atoms with van der Waals surface area (Å²) in [6, 6.07) is 0. The maximum Gasteiger partial charge on any atom is 0.141 e. The summed E-state index contributed by atoms with van der Waals surface area (Å²) in [5, 5.41) is 0. The highest BCUT2D eigenvalue weighted by atomic mass is 79.9. The monoisotopic (exact) mass is 417 g/mol. The third-order valence-corrected chi connectivity index (χ3v) is 5.34. The molecule has 0 spiro atoms. The number of nitrogens with zero attached hydrogens (tertiary/aromatic N) is 3. The zero-order chi connectivity index (χ0) is 18.8. The normalized spacial score (nSPS) is 17.2. The van der Waals surface area contributed by atoms with Crippen molar-refractivity contribution in [3.8, 4) is 0 Å². The van der Waals surface area contributed by atoms with Crippen LogP contribution in [0.2, 0.25) is 0 Å². The van der Waals surface area contributed by atoms with Crippen LogP contribution in [0.1, 0.15) is 64.4 Å². The first-order chi connectivity index (χ1) is 12.7. The minimum atomic E-state index is 0.926. The Hall–Kier alpha value is -1.35. The number of aromatic nitrogens is 2. The van der Waals surface area contributed by atoms with E-state index >= 15 is 0 Å². The number of allylic oxidation sites excluding steroid dienone is 5. The number of halogens is 1. The van der Waals surface area contributed by atoms with Gasteiger partial charge >= 0.3 is 0 Å². The van der Waals surface area contributed by atoms with Crippen molar-refractivity contribution in [1.29, 1.82) is 0 Å². The van der Waals surface area contributed by atoms with Crippen molar-refractivity contribution in [2.75, 3.05) is 13.1 Å². The Morgan fingerprint density at radius 2 is 2.04 bits per heavy atom. The third kappa shape index (κ3) is 5.84. The van der Waals surface area contributed by atoms with E-state index < -0.39 is 0 Å². The van der Waals surface area contributed by atoms with Gasteiger partial charge in [-0.25, -0.2) is 4.98 Å². The molecule has 26 heavy (non-hydrogen) atoms. The summed E-state index contributed by atoms with van der Waals surface area (Å²) in [5.41, 5.74) is 5.69. The maximum absolute atomic E-state index is 4.90. The van der Waals surface area contributed by atoms with Crippen molar-refractivity contribution in [3.05, 3.63) is 52.2 Å². The van der Waals surface area contributed by atoms with Crippen LogP contribution in [0, 0.1) is 0 Å². The molecule has 0 bridgehead atoms. The Labute approximate surface area is 167 Å². The van der Waals surface area contributed by atoms with Crippen LogP contribution < -0.4 is 0 Å². The zero-order valence-electron chi connectivity index (χ0n) is 16.5. The van der Waals surface area contributed by atoms with E-state index in [9.17, 15) is 0 Å². The molecule has 1 aromatic heterocycles. The summed E-state index contributed by atoms with van der Waals surface area (Å²) in [6.07, 6.45) is 16.2. The molecule has 4 heteroatoms. The molecule has 142 valence electrons. The molecule has 0 fully saturated rings. The van der Waals surface area contributed by atoms with Gasteiger partial charge in [0.15, 0.2) is 0 Å². The van der Waals surface area contributed by atoms with Crippen molar-refractivity contribution in [2.24, 2.45) is 0 Å². The van der Waals surface area contributed by atoms with Crippen molar-refractivity contribution in [3.63, 3.8) is 0 Å². The van der Waals surface area contributed by atoms with Gasteiger partial charge < -0.3 is 4.57 Å². The fourth-order valence-electron chi connectivity index (χ4n) is 3.08. The molecule has 1 aliphatic rings. The van der Waals surface area contributed by atoms with E-state index in [0.29, 0.717) is 0 Å². The van der Waals surface area contributed by atoms with Crippen LogP contribution in [-0.4, -0.2) is 27.5 Å². The van der Waals surface area contributed by atoms with E-state index in [0.717, 1.165) is 55.0 Å². The van der Waals surface area contributed by atoms with E-state index in [-0.39, 0.29) is 0 Å². The number of hydrogen-bond acceptors (Lipinski definition) is 2. The van der Waals surface area contributed by atoms with Gasteiger partial charge in [0, 0.05) is 18.7 Å². The summed E-state index contributed by atoms with van der Waals surface area (Å²) in [7, 11) is 0. The second-order valence-electron chi connectivity index (χ2n) is 6.70. The van der Waals surface area contributed by atoms with Gasteiger partial charge in [0.1, 0.15) is 10.4 Å². The summed E-state index contributed by atoms with van der Waals surface area (Å²) >= 11 is 3.75. The molecule has 0 N–H and O–H groups in total. The van der Waals surface area contributed by atoms with Crippen molar-refractivity contribution >= 4 is 21.5 Å². The highest BCUT2D eigenvalue weighted by Crippen LogP contribution is 2.26. The molecule has 0 saturated carbocycles. The maximum atomic E-state index is 4.90. The summed E-state index contributed by atoms with van der Waals surface area (Å²) in [6.45, 7) is 10.9. The Morgan fingerprint density at radius 3 is 2.77 bits per heavy atom. The van der Waals surface area contributed by atoms with Crippen molar-refractivity contribution in [2.45, 2.75) is 66.0 Å². The number of unbranched alkanes of at least 4 members (excludes halogenated alkanes) is 2. The predicted octanol–water partition coefficient (Wildman–Crippen LogP) is 6.12. The second kappa shape index (κ2) is 11.4. The molecule has 0 amide bonds. The number of hydrogen-bond donors (Lipinski definition) is 0. The number of rotatable bonds is 10. The molecule has 2 rings (SSSR count). The van der Waals surface area contributed by atoms with E-state index in [4.69, 9.17) is 4.98 Å². The Bertz CT molecular complexity index is 690. The van der Waals surface area contributed by atoms with Crippen LogP contribution >= 0.6 is 15.9 Å². The lowest BCUT2D eigenvalue weighted by atomic mass is 10.1. The van der Waals surface area contributed by atoms with Gasteiger partial charge in [-0.05, 0) is 60.4 Å². The Balaban J connectivity index is 2.37. The molecule has 1 heterocycles. The topological polar surface area (TPSA) is 21.1 Å². The first kappa shape index (κ1) is 21.0. The largest absolute Gasteiger partial charge is 0.326 e.